The molecule has 3 unspecified atom stereocenters. The van der Waals surface area contributed by atoms with Crippen molar-refractivity contribution in [2.24, 2.45) is 5.92 Å². The van der Waals surface area contributed by atoms with Crippen LogP contribution < -0.4 is 5.06 Å². The molecule has 1 heterocycles. The van der Waals surface area contributed by atoms with Crippen LogP contribution in [0.1, 0.15) is 37.3 Å². The molecule has 3 heteroatoms. The van der Waals surface area contributed by atoms with Gasteiger partial charge in [-0.15, -0.1) is 0 Å². The minimum absolute atomic E-state index is 0.184. The number of benzene rings is 3. The molecule has 1 saturated heterocycles. The molecule has 5 rings (SSSR count). The highest BCUT2D eigenvalue weighted by Gasteiger charge is 2.39. The van der Waals surface area contributed by atoms with E-state index in [4.69, 9.17) is 16.4 Å². The van der Waals surface area contributed by atoms with E-state index in [9.17, 15) is 0 Å². The molecular formula is C27H26ClNO. The minimum Gasteiger partial charge on any atom is -0.269 e. The number of anilines is 1. The van der Waals surface area contributed by atoms with Crippen molar-refractivity contribution in [3.63, 3.8) is 0 Å². The zero-order valence-electron chi connectivity index (χ0n) is 17.0. The van der Waals surface area contributed by atoms with Gasteiger partial charge in [0, 0.05) is 11.4 Å². The van der Waals surface area contributed by atoms with E-state index in [1.165, 1.54) is 23.1 Å². The van der Waals surface area contributed by atoms with Gasteiger partial charge in [-0.1, -0.05) is 84.4 Å². The van der Waals surface area contributed by atoms with Crippen LogP contribution in [0.25, 0.3) is 11.1 Å². The highest BCUT2D eigenvalue weighted by molar-refractivity contribution is 6.30. The van der Waals surface area contributed by atoms with Gasteiger partial charge in [0.15, 0.2) is 0 Å². The predicted octanol–water partition coefficient (Wildman–Crippen LogP) is 7.61. The first kappa shape index (κ1) is 19.4. The molecule has 1 aliphatic heterocycles. The molecule has 1 fully saturated rings. The standard InChI is InChI=1S/C27H26ClNO/c28-24-12-7-13-25(18-24)29-26(19-27(30-29)23-10-5-2-6-11-23)22-16-14-21(15-17-22)20-8-3-1-4-9-20/h1-5,7-9,12-18,23,26-27H,6,10-11,19H2. The fourth-order valence-corrected chi connectivity index (χ4v) is 4.85. The molecule has 0 radical (unpaired) electrons. The lowest BCUT2D eigenvalue weighted by Gasteiger charge is -2.27. The molecule has 30 heavy (non-hydrogen) atoms. The number of halogens is 1. The van der Waals surface area contributed by atoms with Crippen LogP contribution in [0.5, 0.6) is 0 Å². The third kappa shape index (κ3) is 4.03. The quantitative estimate of drug-likeness (QED) is 0.406. The van der Waals surface area contributed by atoms with Gasteiger partial charge in [-0.2, -0.15) is 0 Å². The molecule has 3 aromatic carbocycles. The van der Waals surface area contributed by atoms with Crippen LogP contribution in [0.15, 0.2) is 91.0 Å². The molecule has 0 aromatic heterocycles. The molecular weight excluding hydrogens is 390 g/mol. The zero-order chi connectivity index (χ0) is 20.3. The van der Waals surface area contributed by atoms with Crippen molar-refractivity contribution in [1.82, 2.24) is 0 Å². The van der Waals surface area contributed by atoms with Crippen molar-refractivity contribution in [2.45, 2.75) is 37.8 Å². The molecule has 152 valence electrons. The Balaban J connectivity index is 1.44. The molecule has 3 atom stereocenters. The number of hydrogen-bond acceptors (Lipinski definition) is 2. The molecule has 0 saturated carbocycles. The topological polar surface area (TPSA) is 12.5 Å². The molecule has 0 amide bonds. The Morgan fingerprint density at radius 3 is 2.37 bits per heavy atom. The van der Waals surface area contributed by atoms with Crippen molar-refractivity contribution in [1.29, 1.82) is 0 Å². The first-order chi connectivity index (χ1) is 14.8. The molecule has 0 N–H and O–H groups in total. The lowest BCUT2D eigenvalue weighted by Crippen LogP contribution is -2.25. The van der Waals surface area contributed by atoms with Gasteiger partial charge in [-0.3, -0.25) is 4.84 Å². The summed E-state index contributed by atoms with van der Waals surface area (Å²) in [5.74, 6) is 0.574. The van der Waals surface area contributed by atoms with Gasteiger partial charge in [0.2, 0.25) is 0 Å². The summed E-state index contributed by atoms with van der Waals surface area (Å²) in [6, 6.07) is 27.6. The van der Waals surface area contributed by atoms with Crippen LogP contribution in [0, 0.1) is 5.92 Å². The van der Waals surface area contributed by atoms with Gasteiger partial charge < -0.3 is 0 Å². The maximum atomic E-state index is 6.56. The minimum atomic E-state index is 0.184. The number of hydrogen-bond donors (Lipinski definition) is 0. The largest absolute Gasteiger partial charge is 0.269 e. The molecule has 0 spiro atoms. The average Bonchev–Trinajstić information content (AvgIpc) is 3.26. The highest BCUT2D eigenvalue weighted by Crippen LogP contribution is 2.43. The Kier molecular flexibility index (Phi) is 5.61. The fourth-order valence-electron chi connectivity index (χ4n) is 4.67. The first-order valence-corrected chi connectivity index (χ1v) is 11.2. The number of nitrogens with zero attached hydrogens (tertiary/aromatic N) is 1. The van der Waals surface area contributed by atoms with E-state index < -0.39 is 0 Å². The second kappa shape index (κ2) is 8.67. The van der Waals surface area contributed by atoms with E-state index in [1.54, 1.807) is 0 Å². The second-order valence-electron chi connectivity index (χ2n) is 8.23. The molecule has 2 aliphatic rings. The van der Waals surface area contributed by atoms with E-state index in [0.717, 1.165) is 30.0 Å². The molecule has 2 nitrogen and oxygen atoms in total. The molecule has 0 bridgehead atoms. The zero-order valence-corrected chi connectivity index (χ0v) is 17.7. The Morgan fingerprint density at radius 1 is 0.833 bits per heavy atom. The Labute approximate surface area is 183 Å². The lowest BCUT2D eigenvalue weighted by molar-refractivity contribution is 0.0390. The molecule has 3 aromatic rings. The summed E-state index contributed by atoms with van der Waals surface area (Å²) in [5.41, 5.74) is 4.78. The van der Waals surface area contributed by atoms with Crippen molar-refractivity contribution >= 4 is 17.3 Å². The van der Waals surface area contributed by atoms with E-state index >= 15 is 0 Å². The van der Waals surface area contributed by atoms with Gasteiger partial charge in [-0.05, 0) is 60.1 Å². The first-order valence-electron chi connectivity index (χ1n) is 10.8. The van der Waals surface area contributed by atoms with Gasteiger partial charge in [0.25, 0.3) is 0 Å². The summed E-state index contributed by atoms with van der Waals surface area (Å²) < 4.78 is 0. The van der Waals surface area contributed by atoms with Crippen molar-refractivity contribution in [3.05, 3.63) is 102 Å². The van der Waals surface area contributed by atoms with Gasteiger partial charge in [0.1, 0.15) is 0 Å². The normalized spacial score (nSPS) is 23.6. The average molecular weight is 416 g/mol. The number of hydroxylamine groups is 1. The summed E-state index contributed by atoms with van der Waals surface area (Å²) in [6.07, 6.45) is 9.28. The monoisotopic (exact) mass is 415 g/mol. The summed E-state index contributed by atoms with van der Waals surface area (Å²) in [6.45, 7) is 0. The van der Waals surface area contributed by atoms with Crippen molar-refractivity contribution in [2.75, 3.05) is 5.06 Å². The predicted molar refractivity (Wildman–Crippen MR) is 125 cm³/mol. The van der Waals surface area contributed by atoms with Crippen LogP contribution in [-0.4, -0.2) is 6.10 Å². The van der Waals surface area contributed by atoms with E-state index in [0.29, 0.717) is 5.92 Å². The summed E-state index contributed by atoms with van der Waals surface area (Å²) in [4.78, 5) is 6.56. The molecule has 1 aliphatic carbocycles. The third-order valence-electron chi connectivity index (χ3n) is 6.29. The van der Waals surface area contributed by atoms with Crippen LogP contribution in [-0.2, 0) is 4.84 Å². The van der Waals surface area contributed by atoms with Crippen LogP contribution in [0.2, 0.25) is 5.02 Å². The Hall–Kier alpha value is -2.55. The number of allylic oxidation sites excluding steroid dienone is 2. The lowest BCUT2D eigenvalue weighted by atomic mass is 9.86. The van der Waals surface area contributed by atoms with E-state index in [1.807, 2.05) is 18.2 Å². The SMILES string of the molecule is Clc1cccc(N2OC(C3CC=CCC3)CC2c2ccc(-c3ccccc3)cc2)c1. The van der Waals surface area contributed by atoms with Crippen LogP contribution >= 0.6 is 11.6 Å². The summed E-state index contributed by atoms with van der Waals surface area (Å²) >= 11 is 6.30. The van der Waals surface area contributed by atoms with Crippen LogP contribution in [0.4, 0.5) is 5.69 Å². The summed E-state index contributed by atoms with van der Waals surface area (Å²) in [7, 11) is 0. The van der Waals surface area contributed by atoms with Crippen molar-refractivity contribution < 1.29 is 4.84 Å². The fraction of sp³-hybridized carbons (Fsp3) is 0.259. The van der Waals surface area contributed by atoms with Gasteiger partial charge in [-0.25, -0.2) is 5.06 Å². The van der Waals surface area contributed by atoms with Gasteiger partial charge >= 0.3 is 0 Å². The maximum Gasteiger partial charge on any atom is 0.0911 e. The van der Waals surface area contributed by atoms with Crippen molar-refractivity contribution in [3.8, 4) is 11.1 Å². The van der Waals surface area contributed by atoms with E-state index in [2.05, 4.69) is 77.9 Å². The van der Waals surface area contributed by atoms with Gasteiger partial charge in [0.05, 0.1) is 17.8 Å². The smallest absolute Gasteiger partial charge is 0.0911 e. The Bertz CT molecular complexity index is 1010. The number of rotatable bonds is 4. The van der Waals surface area contributed by atoms with E-state index in [-0.39, 0.29) is 12.1 Å². The maximum absolute atomic E-state index is 6.56. The highest BCUT2D eigenvalue weighted by atomic mass is 35.5. The Morgan fingerprint density at radius 2 is 1.63 bits per heavy atom. The summed E-state index contributed by atoms with van der Waals surface area (Å²) in [5, 5.41) is 2.82. The third-order valence-corrected chi connectivity index (χ3v) is 6.52. The van der Waals surface area contributed by atoms with Crippen LogP contribution in [0.3, 0.4) is 0 Å². The second-order valence-corrected chi connectivity index (χ2v) is 8.67.